The summed E-state index contributed by atoms with van der Waals surface area (Å²) >= 11 is 1.69. The Hall–Kier alpha value is -0.580. The first-order valence-electron chi connectivity index (χ1n) is 5.99. The van der Waals surface area contributed by atoms with Crippen molar-refractivity contribution >= 4 is 11.8 Å². The molecule has 2 nitrogen and oxygen atoms in total. The minimum Gasteiger partial charge on any atom is -0.396 e. The number of hydrogen-bond acceptors (Lipinski definition) is 3. The molecule has 0 saturated heterocycles. The minimum atomic E-state index is -0.203. The summed E-state index contributed by atoms with van der Waals surface area (Å²) in [6.07, 6.45) is 1.84. The Morgan fingerprint density at radius 3 is 2.65 bits per heavy atom. The summed E-state index contributed by atoms with van der Waals surface area (Å²) in [5.74, 6) is 0.692. The van der Waals surface area contributed by atoms with Crippen molar-refractivity contribution in [1.29, 1.82) is 0 Å². The van der Waals surface area contributed by atoms with E-state index >= 15 is 0 Å². The van der Waals surface area contributed by atoms with Crippen molar-refractivity contribution in [2.24, 2.45) is 0 Å². The average Bonchev–Trinajstić information content (AvgIpc) is 2.35. The summed E-state index contributed by atoms with van der Waals surface area (Å²) in [6.45, 7) is 3.29. The molecule has 2 N–H and O–H groups in total. The predicted octanol–water partition coefficient (Wildman–Crippen LogP) is 2.67. The van der Waals surface area contributed by atoms with Gasteiger partial charge in [-0.05, 0) is 43.7 Å². The molecule has 4 heteroatoms. The molecule has 17 heavy (non-hydrogen) atoms. The van der Waals surface area contributed by atoms with E-state index in [1.54, 1.807) is 23.9 Å². The number of benzene rings is 1. The highest BCUT2D eigenvalue weighted by molar-refractivity contribution is 7.99. The first-order chi connectivity index (χ1) is 8.26. The molecular weight excluding hydrogens is 237 g/mol. The topological polar surface area (TPSA) is 32.3 Å². The van der Waals surface area contributed by atoms with Crippen LogP contribution in [0.4, 0.5) is 4.39 Å². The zero-order valence-corrected chi connectivity index (χ0v) is 11.0. The second-order valence-electron chi connectivity index (χ2n) is 3.93. The SMILES string of the molecule is CCCNC(CCO)CSc1ccc(F)cc1. The molecule has 0 amide bonds. The largest absolute Gasteiger partial charge is 0.396 e. The van der Waals surface area contributed by atoms with E-state index in [1.165, 1.54) is 12.1 Å². The van der Waals surface area contributed by atoms with Crippen LogP contribution in [0, 0.1) is 5.82 Å². The van der Waals surface area contributed by atoms with Crippen molar-refractivity contribution in [2.75, 3.05) is 18.9 Å². The molecule has 0 aliphatic rings. The van der Waals surface area contributed by atoms with Crippen LogP contribution in [0.2, 0.25) is 0 Å². The fourth-order valence-corrected chi connectivity index (χ4v) is 2.48. The van der Waals surface area contributed by atoms with Gasteiger partial charge in [0.1, 0.15) is 5.82 Å². The first kappa shape index (κ1) is 14.5. The maximum atomic E-state index is 12.7. The van der Waals surface area contributed by atoms with Crippen LogP contribution in [0.5, 0.6) is 0 Å². The first-order valence-corrected chi connectivity index (χ1v) is 6.97. The number of aliphatic hydroxyl groups excluding tert-OH is 1. The van der Waals surface area contributed by atoms with Gasteiger partial charge in [-0.1, -0.05) is 6.92 Å². The molecule has 0 radical (unpaired) electrons. The van der Waals surface area contributed by atoms with E-state index < -0.39 is 0 Å². The number of hydrogen-bond donors (Lipinski definition) is 2. The van der Waals surface area contributed by atoms with Crippen molar-refractivity contribution < 1.29 is 9.50 Å². The van der Waals surface area contributed by atoms with Crippen LogP contribution in [-0.2, 0) is 0 Å². The highest BCUT2D eigenvalue weighted by atomic mass is 32.2. The molecule has 0 aromatic heterocycles. The lowest BCUT2D eigenvalue weighted by atomic mass is 10.2. The van der Waals surface area contributed by atoms with Gasteiger partial charge in [0.25, 0.3) is 0 Å². The summed E-state index contributed by atoms with van der Waals surface area (Å²) in [6, 6.07) is 6.84. The molecule has 0 fully saturated rings. The second-order valence-corrected chi connectivity index (χ2v) is 5.02. The normalized spacial score (nSPS) is 12.6. The number of nitrogens with one attached hydrogen (secondary N) is 1. The number of rotatable bonds is 8. The number of aliphatic hydroxyl groups is 1. The maximum absolute atomic E-state index is 12.7. The van der Waals surface area contributed by atoms with Gasteiger partial charge >= 0.3 is 0 Å². The lowest BCUT2D eigenvalue weighted by molar-refractivity contribution is 0.270. The van der Waals surface area contributed by atoms with E-state index in [2.05, 4.69) is 12.2 Å². The third kappa shape index (κ3) is 6.05. The smallest absolute Gasteiger partial charge is 0.123 e. The van der Waals surface area contributed by atoms with Crippen molar-refractivity contribution in [3.63, 3.8) is 0 Å². The second kappa shape index (κ2) is 8.50. The summed E-state index contributed by atoms with van der Waals surface area (Å²) in [5.41, 5.74) is 0. The lowest BCUT2D eigenvalue weighted by Gasteiger charge is -2.16. The monoisotopic (exact) mass is 257 g/mol. The van der Waals surface area contributed by atoms with Gasteiger partial charge in [0, 0.05) is 23.3 Å². The molecule has 0 aliphatic heterocycles. The quantitative estimate of drug-likeness (QED) is 0.702. The van der Waals surface area contributed by atoms with E-state index in [-0.39, 0.29) is 12.4 Å². The van der Waals surface area contributed by atoms with Gasteiger partial charge in [-0.3, -0.25) is 0 Å². The van der Waals surface area contributed by atoms with Crippen molar-refractivity contribution in [3.8, 4) is 0 Å². The predicted molar refractivity (Wildman–Crippen MR) is 70.9 cm³/mol. The van der Waals surface area contributed by atoms with Gasteiger partial charge in [-0.25, -0.2) is 4.39 Å². The van der Waals surface area contributed by atoms with E-state index in [4.69, 9.17) is 5.11 Å². The lowest BCUT2D eigenvalue weighted by Crippen LogP contribution is -2.32. The standard InChI is InChI=1S/C13H20FNOS/c1-2-8-15-12(7-9-16)10-17-13-5-3-11(14)4-6-13/h3-6,12,15-16H,2,7-10H2,1H3. The molecule has 1 rings (SSSR count). The van der Waals surface area contributed by atoms with Gasteiger partial charge in [0.2, 0.25) is 0 Å². The Bertz CT molecular complexity index is 305. The van der Waals surface area contributed by atoms with E-state index in [0.717, 1.165) is 30.0 Å². The molecule has 1 unspecified atom stereocenters. The van der Waals surface area contributed by atoms with Crippen LogP contribution in [0.25, 0.3) is 0 Å². The Morgan fingerprint density at radius 2 is 2.06 bits per heavy atom. The van der Waals surface area contributed by atoms with Crippen LogP contribution < -0.4 is 5.32 Å². The van der Waals surface area contributed by atoms with Crippen LogP contribution >= 0.6 is 11.8 Å². The fourth-order valence-electron chi connectivity index (χ4n) is 1.48. The molecule has 0 bridgehead atoms. The third-order valence-corrected chi connectivity index (χ3v) is 3.60. The Kier molecular flexibility index (Phi) is 7.24. The van der Waals surface area contributed by atoms with Crippen molar-refractivity contribution in [1.82, 2.24) is 5.32 Å². The molecule has 1 aromatic rings. The Morgan fingerprint density at radius 1 is 1.35 bits per heavy atom. The summed E-state index contributed by atoms with van der Waals surface area (Å²) in [5, 5.41) is 12.4. The van der Waals surface area contributed by atoms with Gasteiger partial charge in [-0.2, -0.15) is 0 Å². The van der Waals surface area contributed by atoms with E-state index in [0.29, 0.717) is 6.04 Å². The Labute approximate surface area is 107 Å². The summed E-state index contributed by atoms with van der Waals surface area (Å²) in [4.78, 5) is 1.06. The minimum absolute atomic E-state index is 0.200. The zero-order valence-electron chi connectivity index (χ0n) is 10.2. The summed E-state index contributed by atoms with van der Waals surface area (Å²) in [7, 11) is 0. The van der Waals surface area contributed by atoms with Gasteiger partial charge in [-0.15, -0.1) is 11.8 Å². The van der Waals surface area contributed by atoms with Crippen molar-refractivity contribution in [3.05, 3.63) is 30.1 Å². The average molecular weight is 257 g/mol. The molecule has 96 valence electrons. The number of halogens is 1. The molecule has 1 aromatic carbocycles. The summed E-state index contributed by atoms with van der Waals surface area (Å²) < 4.78 is 12.7. The molecule has 1 atom stereocenters. The third-order valence-electron chi connectivity index (χ3n) is 2.43. The molecule has 0 heterocycles. The molecular formula is C13H20FNOS. The maximum Gasteiger partial charge on any atom is 0.123 e. The highest BCUT2D eigenvalue weighted by Crippen LogP contribution is 2.19. The fraction of sp³-hybridized carbons (Fsp3) is 0.538. The zero-order chi connectivity index (χ0) is 12.5. The van der Waals surface area contributed by atoms with E-state index in [1.807, 2.05) is 0 Å². The van der Waals surface area contributed by atoms with Crippen LogP contribution in [-0.4, -0.2) is 30.1 Å². The van der Waals surface area contributed by atoms with Crippen LogP contribution in [0.1, 0.15) is 19.8 Å². The van der Waals surface area contributed by atoms with Gasteiger partial charge in [0.15, 0.2) is 0 Å². The highest BCUT2D eigenvalue weighted by Gasteiger charge is 2.07. The molecule has 0 saturated carbocycles. The van der Waals surface area contributed by atoms with Gasteiger partial charge < -0.3 is 10.4 Å². The van der Waals surface area contributed by atoms with E-state index in [9.17, 15) is 4.39 Å². The molecule has 0 aliphatic carbocycles. The molecule has 0 spiro atoms. The number of thioether (sulfide) groups is 1. The van der Waals surface area contributed by atoms with Crippen molar-refractivity contribution in [2.45, 2.75) is 30.7 Å². The van der Waals surface area contributed by atoms with Crippen LogP contribution in [0.3, 0.4) is 0 Å². The van der Waals surface area contributed by atoms with Gasteiger partial charge in [0.05, 0.1) is 0 Å². The Balaban J connectivity index is 2.37. The van der Waals surface area contributed by atoms with Crippen LogP contribution in [0.15, 0.2) is 29.2 Å².